The molecule has 0 aliphatic carbocycles. The van der Waals surface area contributed by atoms with Crippen molar-refractivity contribution in [3.8, 4) is 45.0 Å². The maximum Gasteiger partial charge on any atom is 0.270 e. The van der Waals surface area contributed by atoms with E-state index in [9.17, 15) is 30.3 Å². The van der Waals surface area contributed by atoms with Gasteiger partial charge in [0, 0.05) is 80.2 Å². The van der Waals surface area contributed by atoms with Gasteiger partial charge in [0.1, 0.15) is 0 Å². The van der Waals surface area contributed by atoms with Crippen LogP contribution in [0.4, 0.5) is 17.1 Å². The Balaban J connectivity index is 1.15. The van der Waals surface area contributed by atoms with Crippen molar-refractivity contribution in [2.75, 3.05) is 0 Å². The van der Waals surface area contributed by atoms with Gasteiger partial charge in [0.05, 0.1) is 59.6 Å². The van der Waals surface area contributed by atoms with Crippen LogP contribution in [-0.4, -0.2) is 34.7 Å². The lowest BCUT2D eigenvalue weighted by atomic mass is 10.0. The van der Waals surface area contributed by atoms with E-state index in [-0.39, 0.29) is 17.1 Å². The fourth-order valence-corrected chi connectivity index (χ4v) is 6.70. The predicted octanol–water partition coefficient (Wildman–Crippen LogP) is 10.3. The Hall–Kier alpha value is -8.06. The van der Waals surface area contributed by atoms with Crippen molar-refractivity contribution >= 4 is 60.7 Å². The van der Waals surface area contributed by atoms with Crippen molar-refractivity contribution in [2.45, 2.75) is 0 Å². The van der Waals surface area contributed by atoms with E-state index in [0.29, 0.717) is 67.1 Å². The first-order chi connectivity index (χ1) is 26.7. The van der Waals surface area contributed by atoms with Crippen LogP contribution in [0.2, 0.25) is 0 Å². The summed E-state index contributed by atoms with van der Waals surface area (Å²) in [5.41, 5.74) is 6.89. The second-order valence-electron chi connectivity index (χ2n) is 12.8. The molecule has 4 aromatic heterocycles. The number of hydrogen-bond donors (Lipinski definition) is 0. The fourth-order valence-electron chi connectivity index (χ4n) is 6.70. The smallest absolute Gasteiger partial charge is 0.258 e. The molecule has 5 aromatic carbocycles. The molecule has 0 spiro atoms. The quantitative estimate of drug-likeness (QED) is 0.0872. The standard InChI is InChI=1S/C42H23N7O6/c50-47(51)32-13-5-24(6-14-32)35-17-9-26-1-3-28-11-19-37(45-41(28)39(26)43-35)30-21-31(23-34(22-30)49(54)55)38-20-12-29-4-2-27-10-18-36(44-40(27)42(29)46-38)25-7-15-33(16-8-25)48(52)53/h1-23H. The molecule has 0 amide bonds. The number of nitrogens with zero attached hydrogens (tertiary/aromatic N) is 7. The van der Waals surface area contributed by atoms with Crippen LogP contribution in [0.3, 0.4) is 0 Å². The Bertz CT molecular complexity index is 2880. The third-order valence-electron chi connectivity index (χ3n) is 9.51. The van der Waals surface area contributed by atoms with E-state index in [1.54, 1.807) is 24.3 Å². The highest BCUT2D eigenvalue weighted by atomic mass is 16.6. The Kier molecular flexibility index (Phi) is 7.67. The first kappa shape index (κ1) is 32.8. The first-order valence-corrected chi connectivity index (χ1v) is 16.9. The third-order valence-corrected chi connectivity index (χ3v) is 9.51. The molecule has 262 valence electrons. The monoisotopic (exact) mass is 721 g/mol. The zero-order valence-corrected chi connectivity index (χ0v) is 28.4. The minimum atomic E-state index is -0.452. The summed E-state index contributed by atoms with van der Waals surface area (Å²) in [6, 6.07) is 39.8. The molecular weight excluding hydrogens is 699 g/mol. The van der Waals surface area contributed by atoms with Crippen molar-refractivity contribution < 1.29 is 14.8 Å². The Morgan fingerprint density at radius 3 is 0.873 bits per heavy atom. The second kappa shape index (κ2) is 12.9. The summed E-state index contributed by atoms with van der Waals surface area (Å²) in [5, 5.41) is 37.9. The molecular formula is C42H23N7O6. The van der Waals surface area contributed by atoms with Crippen LogP contribution in [-0.2, 0) is 0 Å². The van der Waals surface area contributed by atoms with Gasteiger partial charge in [0.15, 0.2) is 0 Å². The average Bonchev–Trinajstić information content (AvgIpc) is 3.22. The van der Waals surface area contributed by atoms with Gasteiger partial charge in [0.25, 0.3) is 17.1 Å². The van der Waals surface area contributed by atoms with E-state index < -0.39 is 14.8 Å². The summed E-state index contributed by atoms with van der Waals surface area (Å²) in [6.45, 7) is 0. The molecule has 0 atom stereocenters. The molecule has 0 bridgehead atoms. The molecule has 0 saturated carbocycles. The van der Waals surface area contributed by atoms with Gasteiger partial charge in [0.2, 0.25) is 0 Å². The van der Waals surface area contributed by atoms with Gasteiger partial charge in [-0.05, 0) is 54.6 Å². The van der Waals surface area contributed by atoms with Crippen molar-refractivity contribution in [1.29, 1.82) is 0 Å². The molecule has 0 saturated heterocycles. The number of non-ortho nitro benzene ring substituents is 3. The summed E-state index contributed by atoms with van der Waals surface area (Å²) in [7, 11) is 0. The normalized spacial score (nSPS) is 11.3. The van der Waals surface area contributed by atoms with Crippen LogP contribution < -0.4 is 0 Å². The number of aromatic nitrogens is 4. The number of pyridine rings is 4. The van der Waals surface area contributed by atoms with Crippen LogP contribution in [0.1, 0.15) is 0 Å². The number of hydrogen-bond acceptors (Lipinski definition) is 10. The highest BCUT2D eigenvalue weighted by molar-refractivity contribution is 6.05. The molecule has 9 rings (SSSR count). The maximum absolute atomic E-state index is 12.3. The highest BCUT2D eigenvalue weighted by Crippen LogP contribution is 2.35. The van der Waals surface area contributed by atoms with Crippen molar-refractivity contribution in [1.82, 2.24) is 19.9 Å². The van der Waals surface area contributed by atoms with Gasteiger partial charge in [-0.15, -0.1) is 0 Å². The molecule has 4 heterocycles. The molecule has 0 unspecified atom stereocenters. The molecule has 0 radical (unpaired) electrons. The van der Waals surface area contributed by atoms with Gasteiger partial charge in [-0.3, -0.25) is 30.3 Å². The zero-order valence-electron chi connectivity index (χ0n) is 28.4. The number of benzene rings is 5. The van der Waals surface area contributed by atoms with Crippen LogP contribution in [0, 0.1) is 30.3 Å². The molecule has 0 fully saturated rings. The third kappa shape index (κ3) is 5.97. The maximum atomic E-state index is 12.3. The average molecular weight is 722 g/mol. The van der Waals surface area contributed by atoms with E-state index in [2.05, 4.69) is 0 Å². The highest BCUT2D eigenvalue weighted by Gasteiger charge is 2.17. The number of nitro benzene ring substituents is 3. The van der Waals surface area contributed by atoms with E-state index >= 15 is 0 Å². The molecule has 0 N–H and O–H groups in total. The minimum Gasteiger partial charge on any atom is -0.258 e. The number of nitro groups is 3. The van der Waals surface area contributed by atoms with Gasteiger partial charge in [-0.25, -0.2) is 19.9 Å². The van der Waals surface area contributed by atoms with Gasteiger partial charge < -0.3 is 0 Å². The number of fused-ring (bicyclic) bond motifs is 6. The summed E-state index contributed by atoms with van der Waals surface area (Å²) in [4.78, 5) is 53.0. The zero-order chi connectivity index (χ0) is 37.8. The summed E-state index contributed by atoms with van der Waals surface area (Å²) >= 11 is 0. The van der Waals surface area contributed by atoms with Crippen molar-refractivity contribution in [3.63, 3.8) is 0 Å². The Labute approximate surface area is 309 Å². The molecule has 0 aliphatic rings. The summed E-state index contributed by atoms with van der Waals surface area (Å²) in [6.07, 6.45) is 0. The SMILES string of the molecule is O=[N+]([O-])c1ccc(-c2ccc3ccc4ccc(-c5cc(-c6ccc7ccc8ccc(-c9ccc([N+](=O)[O-])cc9)nc8c7n6)cc([N+](=O)[O-])c5)nc4c3n2)cc1. The van der Waals surface area contributed by atoms with Crippen LogP contribution in [0.25, 0.3) is 88.6 Å². The van der Waals surface area contributed by atoms with Crippen LogP contribution in [0.5, 0.6) is 0 Å². The van der Waals surface area contributed by atoms with E-state index in [1.807, 2.05) is 78.9 Å². The molecule has 13 nitrogen and oxygen atoms in total. The topological polar surface area (TPSA) is 181 Å². The second-order valence-corrected chi connectivity index (χ2v) is 12.8. The van der Waals surface area contributed by atoms with E-state index in [1.165, 1.54) is 36.4 Å². The molecule has 55 heavy (non-hydrogen) atoms. The first-order valence-electron chi connectivity index (χ1n) is 16.9. The van der Waals surface area contributed by atoms with E-state index in [0.717, 1.165) is 21.5 Å². The van der Waals surface area contributed by atoms with Gasteiger partial charge in [-0.1, -0.05) is 48.5 Å². The minimum absolute atomic E-state index is 0.0182. The molecule has 9 aromatic rings. The predicted molar refractivity (Wildman–Crippen MR) is 209 cm³/mol. The summed E-state index contributed by atoms with van der Waals surface area (Å²) < 4.78 is 0. The Morgan fingerprint density at radius 1 is 0.309 bits per heavy atom. The largest absolute Gasteiger partial charge is 0.270 e. The van der Waals surface area contributed by atoms with E-state index in [4.69, 9.17) is 19.9 Å². The lowest BCUT2D eigenvalue weighted by molar-refractivity contribution is -0.385. The number of rotatable bonds is 7. The summed E-state index contributed by atoms with van der Waals surface area (Å²) in [5.74, 6) is 0. The molecule has 0 aliphatic heterocycles. The lowest BCUT2D eigenvalue weighted by Crippen LogP contribution is -1.95. The van der Waals surface area contributed by atoms with Gasteiger partial charge >= 0.3 is 0 Å². The van der Waals surface area contributed by atoms with Crippen molar-refractivity contribution in [3.05, 3.63) is 170 Å². The molecule has 13 heteroatoms. The van der Waals surface area contributed by atoms with Crippen molar-refractivity contribution in [2.24, 2.45) is 0 Å². The van der Waals surface area contributed by atoms with Crippen LogP contribution in [0.15, 0.2) is 140 Å². The fraction of sp³-hybridized carbons (Fsp3) is 0. The van der Waals surface area contributed by atoms with Crippen LogP contribution >= 0.6 is 0 Å². The van der Waals surface area contributed by atoms with Gasteiger partial charge in [-0.2, -0.15) is 0 Å². The lowest BCUT2D eigenvalue weighted by Gasteiger charge is -2.10. The Morgan fingerprint density at radius 2 is 0.582 bits per heavy atom.